The molecule has 1 saturated heterocycles. The van der Waals surface area contributed by atoms with Crippen molar-refractivity contribution in [1.29, 1.82) is 0 Å². The van der Waals surface area contributed by atoms with Crippen molar-refractivity contribution in [3.63, 3.8) is 0 Å². The number of hydrogen-bond acceptors (Lipinski definition) is 6. The summed E-state index contributed by atoms with van der Waals surface area (Å²) in [7, 11) is 0. The summed E-state index contributed by atoms with van der Waals surface area (Å²) in [4.78, 5) is 22.8. The molecule has 1 aromatic heterocycles. The third-order valence-electron chi connectivity index (χ3n) is 3.69. The smallest absolute Gasteiger partial charge is 0.341 e. The summed E-state index contributed by atoms with van der Waals surface area (Å²) >= 11 is 0. The first kappa shape index (κ1) is 15.7. The number of esters is 1. The lowest BCUT2D eigenvalue weighted by Crippen LogP contribution is -2.34. The maximum atomic E-state index is 12.0. The fourth-order valence-electron chi connectivity index (χ4n) is 2.62. The number of anilines is 1. The second-order valence-corrected chi connectivity index (χ2v) is 5.52. The van der Waals surface area contributed by atoms with Crippen molar-refractivity contribution in [1.82, 2.24) is 9.97 Å². The van der Waals surface area contributed by atoms with Gasteiger partial charge in [0.25, 0.3) is 0 Å². The Balaban J connectivity index is 2.34. The molecule has 0 amide bonds. The quantitative estimate of drug-likeness (QED) is 0.833. The van der Waals surface area contributed by atoms with Crippen LogP contribution in [-0.2, 0) is 4.74 Å². The molecule has 0 aromatic carbocycles. The molecule has 2 rings (SSSR count). The molecule has 21 heavy (non-hydrogen) atoms. The van der Waals surface area contributed by atoms with E-state index in [1.165, 1.54) is 0 Å². The number of aliphatic hydroxyl groups is 1. The second-order valence-electron chi connectivity index (χ2n) is 5.52. The summed E-state index contributed by atoms with van der Waals surface area (Å²) in [5, 5.41) is 9.42. The van der Waals surface area contributed by atoms with Crippen LogP contribution in [0, 0.1) is 0 Å². The molecule has 1 aliphatic rings. The summed E-state index contributed by atoms with van der Waals surface area (Å²) in [6, 6.07) is 0.0680. The van der Waals surface area contributed by atoms with E-state index in [9.17, 15) is 9.90 Å². The Kier molecular flexibility index (Phi) is 5.12. The van der Waals surface area contributed by atoms with Gasteiger partial charge in [-0.15, -0.1) is 0 Å². The molecular weight excluding hydrogens is 270 g/mol. The van der Waals surface area contributed by atoms with E-state index in [1.54, 1.807) is 13.1 Å². The van der Waals surface area contributed by atoms with Crippen LogP contribution in [0.5, 0.6) is 0 Å². The number of ether oxygens (including phenoxy) is 1. The number of carbonyl (C=O) groups excluding carboxylic acids is 1. The van der Waals surface area contributed by atoms with Crippen LogP contribution in [-0.4, -0.2) is 46.8 Å². The minimum Gasteiger partial charge on any atom is -0.462 e. The van der Waals surface area contributed by atoms with E-state index in [0.29, 0.717) is 23.8 Å². The van der Waals surface area contributed by atoms with Gasteiger partial charge in [-0.2, -0.15) is 0 Å². The van der Waals surface area contributed by atoms with Gasteiger partial charge in [0.1, 0.15) is 0 Å². The van der Waals surface area contributed by atoms with E-state index in [2.05, 4.69) is 9.97 Å². The van der Waals surface area contributed by atoms with E-state index >= 15 is 0 Å². The van der Waals surface area contributed by atoms with Gasteiger partial charge >= 0.3 is 5.97 Å². The van der Waals surface area contributed by atoms with Crippen molar-refractivity contribution in [2.45, 2.75) is 45.6 Å². The van der Waals surface area contributed by atoms with E-state index in [0.717, 1.165) is 19.4 Å². The Labute approximate surface area is 125 Å². The van der Waals surface area contributed by atoms with Gasteiger partial charge in [0, 0.05) is 12.7 Å². The van der Waals surface area contributed by atoms with Crippen LogP contribution in [0.25, 0.3) is 0 Å². The molecule has 2 heterocycles. The number of aromatic nitrogens is 2. The summed E-state index contributed by atoms with van der Waals surface area (Å²) < 4.78 is 5.05. The van der Waals surface area contributed by atoms with Crippen molar-refractivity contribution in [2.75, 3.05) is 24.7 Å². The van der Waals surface area contributed by atoms with E-state index in [-0.39, 0.29) is 24.5 Å². The summed E-state index contributed by atoms with van der Waals surface area (Å²) in [6.45, 7) is 7.02. The molecule has 1 fully saturated rings. The Morgan fingerprint density at radius 1 is 1.57 bits per heavy atom. The molecule has 1 aromatic rings. The predicted molar refractivity (Wildman–Crippen MR) is 79.5 cm³/mol. The summed E-state index contributed by atoms with van der Waals surface area (Å²) in [5.74, 6) is 0.303. The Bertz CT molecular complexity index is 505. The molecule has 1 aliphatic heterocycles. The van der Waals surface area contributed by atoms with Gasteiger partial charge in [-0.05, 0) is 25.7 Å². The molecule has 6 nitrogen and oxygen atoms in total. The third-order valence-corrected chi connectivity index (χ3v) is 3.69. The lowest BCUT2D eigenvalue weighted by molar-refractivity contribution is 0.0523. The van der Waals surface area contributed by atoms with Crippen molar-refractivity contribution in [3.8, 4) is 0 Å². The topological polar surface area (TPSA) is 75.5 Å². The molecule has 0 aliphatic carbocycles. The standard InChI is InChI=1S/C15H23N3O3/c1-4-21-14(20)12-8-16-15(17-13(12)10(2)3)18-7-5-6-11(18)9-19/h8,10-11,19H,4-7,9H2,1-3H3/t11-/m1/s1. The molecule has 0 saturated carbocycles. The molecule has 1 N–H and O–H groups in total. The van der Waals surface area contributed by atoms with Crippen molar-refractivity contribution < 1.29 is 14.6 Å². The molecule has 0 bridgehead atoms. The maximum absolute atomic E-state index is 12.0. The van der Waals surface area contributed by atoms with Gasteiger partial charge in [0.15, 0.2) is 0 Å². The first-order valence-electron chi connectivity index (χ1n) is 7.50. The van der Waals surface area contributed by atoms with E-state index < -0.39 is 0 Å². The Morgan fingerprint density at radius 3 is 2.95 bits per heavy atom. The Morgan fingerprint density at radius 2 is 2.33 bits per heavy atom. The summed E-state index contributed by atoms with van der Waals surface area (Å²) in [5.41, 5.74) is 1.12. The lowest BCUT2D eigenvalue weighted by Gasteiger charge is -2.24. The Hall–Kier alpha value is -1.69. The highest BCUT2D eigenvalue weighted by atomic mass is 16.5. The highest BCUT2D eigenvalue weighted by Crippen LogP contribution is 2.25. The van der Waals surface area contributed by atoms with Gasteiger partial charge in [-0.3, -0.25) is 0 Å². The molecule has 116 valence electrons. The number of hydrogen-bond donors (Lipinski definition) is 1. The predicted octanol–water partition coefficient (Wildman–Crippen LogP) is 1.74. The number of carbonyl (C=O) groups is 1. The van der Waals surface area contributed by atoms with Gasteiger partial charge < -0.3 is 14.7 Å². The minimum atomic E-state index is -0.382. The number of rotatable bonds is 5. The van der Waals surface area contributed by atoms with Crippen LogP contribution >= 0.6 is 0 Å². The first-order chi connectivity index (χ1) is 10.1. The van der Waals surface area contributed by atoms with Gasteiger partial charge in [0.2, 0.25) is 5.95 Å². The monoisotopic (exact) mass is 293 g/mol. The van der Waals surface area contributed by atoms with Crippen LogP contribution in [0.4, 0.5) is 5.95 Å². The molecule has 6 heteroatoms. The van der Waals surface area contributed by atoms with Gasteiger partial charge in [-0.1, -0.05) is 13.8 Å². The largest absolute Gasteiger partial charge is 0.462 e. The van der Waals surface area contributed by atoms with Crippen molar-refractivity contribution in [2.24, 2.45) is 0 Å². The fraction of sp³-hybridized carbons (Fsp3) is 0.667. The molecule has 0 radical (unpaired) electrons. The maximum Gasteiger partial charge on any atom is 0.341 e. The molecule has 0 spiro atoms. The minimum absolute atomic E-state index is 0.0680. The zero-order valence-corrected chi connectivity index (χ0v) is 12.9. The fourth-order valence-corrected chi connectivity index (χ4v) is 2.62. The zero-order valence-electron chi connectivity index (χ0n) is 12.9. The van der Waals surface area contributed by atoms with Crippen molar-refractivity contribution in [3.05, 3.63) is 17.5 Å². The zero-order chi connectivity index (χ0) is 15.4. The summed E-state index contributed by atoms with van der Waals surface area (Å²) in [6.07, 6.45) is 3.50. The van der Waals surface area contributed by atoms with E-state index in [4.69, 9.17) is 4.74 Å². The average Bonchev–Trinajstić information content (AvgIpc) is 2.95. The number of nitrogens with zero attached hydrogens (tertiary/aromatic N) is 3. The van der Waals surface area contributed by atoms with Crippen LogP contribution in [0.1, 0.15) is 55.6 Å². The molecule has 1 atom stereocenters. The molecular formula is C15H23N3O3. The van der Waals surface area contributed by atoms with Crippen LogP contribution in [0.3, 0.4) is 0 Å². The average molecular weight is 293 g/mol. The lowest BCUT2D eigenvalue weighted by atomic mass is 10.1. The highest BCUT2D eigenvalue weighted by Gasteiger charge is 2.27. The first-order valence-corrected chi connectivity index (χ1v) is 7.50. The normalized spacial score (nSPS) is 18.3. The second kappa shape index (κ2) is 6.85. The van der Waals surface area contributed by atoms with Crippen LogP contribution in [0.2, 0.25) is 0 Å². The van der Waals surface area contributed by atoms with Crippen LogP contribution < -0.4 is 4.90 Å². The van der Waals surface area contributed by atoms with Crippen molar-refractivity contribution >= 4 is 11.9 Å². The third kappa shape index (κ3) is 3.32. The number of aliphatic hydroxyl groups excluding tert-OH is 1. The highest BCUT2D eigenvalue weighted by molar-refractivity contribution is 5.90. The van der Waals surface area contributed by atoms with E-state index in [1.807, 2.05) is 18.7 Å². The SMILES string of the molecule is CCOC(=O)c1cnc(N2CCC[C@@H]2CO)nc1C(C)C. The van der Waals surface area contributed by atoms with Gasteiger partial charge in [0.05, 0.1) is 30.5 Å². The molecule has 0 unspecified atom stereocenters. The van der Waals surface area contributed by atoms with Gasteiger partial charge in [-0.25, -0.2) is 14.8 Å². The van der Waals surface area contributed by atoms with Crippen LogP contribution in [0.15, 0.2) is 6.20 Å².